The number of likely N-dealkylation sites (tertiary alicyclic amines) is 1. The van der Waals surface area contributed by atoms with Crippen LogP contribution in [0.1, 0.15) is 33.6 Å². The van der Waals surface area contributed by atoms with E-state index >= 15 is 0 Å². The summed E-state index contributed by atoms with van der Waals surface area (Å²) < 4.78 is 9.91. The number of hydrogen-bond donors (Lipinski definition) is 1. The molecule has 1 fully saturated rings. The molecule has 0 bridgehead atoms. The highest BCUT2D eigenvalue weighted by molar-refractivity contribution is 5.82. The Kier molecular flexibility index (Phi) is 4.56. The first-order chi connectivity index (χ1) is 8.30. The molecule has 0 radical (unpaired) electrons. The van der Waals surface area contributed by atoms with Gasteiger partial charge in [-0.3, -0.25) is 4.90 Å². The van der Waals surface area contributed by atoms with E-state index in [2.05, 4.69) is 4.74 Å². The van der Waals surface area contributed by atoms with Crippen molar-refractivity contribution in [2.24, 2.45) is 0 Å². The van der Waals surface area contributed by atoms with Crippen LogP contribution < -0.4 is 0 Å². The highest BCUT2D eigenvalue weighted by atomic mass is 16.6. The molecular weight excluding hydrogens is 238 g/mol. The second-order valence-corrected chi connectivity index (χ2v) is 5.34. The van der Waals surface area contributed by atoms with Gasteiger partial charge in [0, 0.05) is 0 Å². The van der Waals surface area contributed by atoms with Crippen LogP contribution in [0.25, 0.3) is 0 Å². The first-order valence-corrected chi connectivity index (χ1v) is 6.00. The Morgan fingerprint density at radius 3 is 2.39 bits per heavy atom. The standard InChI is InChI=1S/C12H21NO5/c1-12(2,3)18-11(16)13-8(7-14)5-6-9(13)10(15)17-4/h8-9,14H,5-7H2,1-4H3/t8-,9+/m1/s1. The van der Waals surface area contributed by atoms with Crippen molar-refractivity contribution < 1.29 is 24.2 Å². The predicted molar refractivity (Wildman–Crippen MR) is 64.0 cm³/mol. The summed E-state index contributed by atoms with van der Waals surface area (Å²) in [6.07, 6.45) is 0.460. The van der Waals surface area contributed by atoms with Crippen LogP contribution in [0, 0.1) is 0 Å². The first-order valence-electron chi connectivity index (χ1n) is 6.00. The number of amides is 1. The third kappa shape index (κ3) is 3.35. The monoisotopic (exact) mass is 259 g/mol. The molecule has 0 aliphatic carbocycles. The molecule has 1 rings (SSSR count). The number of aliphatic hydroxyl groups excluding tert-OH is 1. The normalized spacial score (nSPS) is 23.9. The second kappa shape index (κ2) is 5.56. The molecule has 2 atom stereocenters. The van der Waals surface area contributed by atoms with Crippen LogP contribution >= 0.6 is 0 Å². The summed E-state index contributed by atoms with van der Waals surface area (Å²) in [5, 5.41) is 9.25. The topological polar surface area (TPSA) is 76.1 Å². The maximum atomic E-state index is 12.0. The van der Waals surface area contributed by atoms with E-state index in [0.717, 1.165) is 0 Å². The summed E-state index contributed by atoms with van der Waals surface area (Å²) in [7, 11) is 1.28. The van der Waals surface area contributed by atoms with Crippen molar-refractivity contribution in [3.05, 3.63) is 0 Å². The van der Waals surface area contributed by atoms with E-state index in [0.29, 0.717) is 12.8 Å². The highest BCUT2D eigenvalue weighted by Crippen LogP contribution is 2.27. The summed E-state index contributed by atoms with van der Waals surface area (Å²) in [5.41, 5.74) is -0.639. The lowest BCUT2D eigenvalue weighted by Crippen LogP contribution is -2.48. The zero-order chi connectivity index (χ0) is 13.9. The van der Waals surface area contributed by atoms with Crippen LogP contribution in [0.15, 0.2) is 0 Å². The van der Waals surface area contributed by atoms with Crippen molar-refractivity contribution in [2.75, 3.05) is 13.7 Å². The van der Waals surface area contributed by atoms with Crippen molar-refractivity contribution in [2.45, 2.75) is 51.3 Å². The number of esters is 1. The Morgan fingerprint density at radius 1 is 1.33 bits per heavy atom. The molecule has 18 heavy (non-hydrogen) atoms. The van der Waals surface area contributed by atoms with Crippen LogP contribution in [0.2, 0.25) is 0 Å². The molecule has 1 aliphatic rings. The average molecular weight is 259 g/mol. The van der Waals surface area contributed by atoms with Crippen LogP contribution in [0.3, 0.4) is 0 Å². The molecule has 0 spiro atoms. The smallest absolute Gasteiger partial charge is 0.411 e. The van der Waals surface area contributed by atoms with Crippen molar-refractivity contribution in [3.8, 4) is 0 Å². The quantitative estimate of drug-likeness (QED) is 0.746. The van der Waals surface area contributed by atoms with Gasteiger partial charge in [0.1, 0.15) is 11.6 Å². The zero-order valence-electron chi connectivity index (χ0n) is 11.3. The molecular formula is C12H21NO5. The van der Waals surface area contributed by atoms with Crippen molar-refractivity contribution in [3.63, 3.8) is 0 Å². The SMILES string of the molecule is COC(=O)[C@@H]1CC[C@H](CO)N1C(=O)OC(C)(C)C. The number of hydrogen-bond acceptors (Lipinski definition) is 5. The summed E-state index contributed by atoms with van der Waals surface area (Å²) in [6, 6.07) is -1.05. The van der Waals surface area contributed by atoms with Crippen molar-refractivity contribution in [1.29, 1.82) is 0 Å². The second-order valence-electron chi connectivity index (χ2n) is 5.34. The molecule has 104 valence electrons. The number of nitrogens with zero attached hydrogens (tertiary/aromatic N) is 1. The molecule has 1 heterocycles. The third-order valence-corrected chi connectivity index (χ3v) is 2.79. The maximum absolute atomic E-state index is 12.0. The van der Waals surface area contributed by atoms with E-state index < -0.39 is 23.7 Å². The van der Waals surface area contributed by atoms with E-state index in [1.165, 1.54) is 12.0 Å². The summed E-state index contributed by atoms with van der Waals surface area (Å²) >= 11 is 0. The fraction of sp³-hybridized carbons (Fsp3) is 0.833. The Balaban J connectivity index is 2.84. The van der Waals surface area contributed by atoms with Crippen molar-refractivity contribution in [1.82, 2.24) is 4.90 Å². The van der Waals surface area contributed by atoms with Crippen LogP contribution in [0.4, 0.5) is 4.79 Å². The molecule has 1 amide bonds. The van der Waals surface area contributed by atoms with Gasteiger partial charge in [-0.05, 0) is 33.6 Å². The number of rotatable bonds is 2. The molecule has 0 aromatic rings. The van der Waals surface area contributed by atoms with Gasteiger partial charge in [-0.1, -0.05) is 0 Å². The van der Waals surface area contributed by atoms with Gasteiger partial charge in [0.25, 0.3) is 0 Å². The van der Waals surface area contributed by atoms with E-state index in [9.17, 15) is 14.7 Å². The summed E-state index contributed by atoms with van der Waals surface area (Å²) in [5.74, 6) is -0.475. The van der Waals surface area contributed by atoms with E-state index in [-0.39, 0.29) is 12.6 Å². The first kappa shape index (κ1) is 14.8. The van der Waals surface area contributed by atoms with Gasteiger partial charge < -0.3 is 14.6 Å². The number of ether oxygens (including phenoxy) is 2. The van der Waals surface area contributed by atoms with Gasteiger partial charge >= 0.3 is 12.1 Å². The lowest BCUT2D eigenvalue weighted by Gasteiger charge is -2.30. The minimum atomic E-state index is -0.665. The Bertz CT molecular complexity index is 323. The molecule has 1 N–H and O–H groups in total. The van der Waals surface area contributed by atoms with E-state index in [1.807, 2.05) is 0 Å². The fourth-order valence-corrected chi connectivity index (χ4v) is 2.02. The molecule has 6 nitrogen and oxygen atoms in total. The Labute approximate surface area is 107 Å². The number of methoxy groups -OCH3 is 1. The molecule has 0 aromatic carbocycles. The predicted octanol–water partition coefficient (Wildman–Crippen LogP) is 0.920. The molecule has 1 saturated heterocycles. The Morgan fingerprint density at radius 2 is 1.94 bits per heavy atom. The van der Waals surface area contributed by atoms with Gasteiger partial charge in [0.2, 0.25) is 0 Å². The Hall–Kier alpha value is -1.30. The number of carbonyl (C=O) groups is 2. The largest absolute Gasteiger partial charge is 0.467 e. The maximum Gasteiger partial charge on any atom is 0.411 e. The lowest BCUT2D eigenvalue weighted by molar-refractivity contribution is -0.146. The summed E-state index contributed by atoms with van der Waals surface area (Å²) in [6.45, 7) is 5.07. The molecule has 0 aromatic heterocycles. The van der Waals surface area contributed by atoms with Gasteiger partial charge in [-0.2, -0.15) is 0 Å². The van der Waals surface area contributed by atoms with Crippen LogP contribution in [-0.2, 0) is 14.3 Å². The van der Waals surface area contributed by atoms with Crippen LogP contribution in [0.5, 0.6) is 0 Å². The highest BCUT2D eigenvalue weighted by Gasteiger charge is 2.43. The van der Waals surface area contributed by atoms with E-state index in [1.54, 1.807) is 20.8 Å². The minimum absolute atomic E-state index is 0.188. The van der Waals surface area contributed by atoms with Crippen LogP contribution in [-0.4, -0.2) is 53.5 Å². The molecule has 0 saturated carbocycles. The minimum Gasteiger partial charge on any atom is -0.467 e. The number of carbonyl (C=O) groups excluding carboxylic acids is 2. The molecule has 6 heteroatoms. The van der Waals surface area contributed by atoms with Gasteiger partial charge in [0.15, 0.2) is 0 Å². The third-order valence-electron chi connectivity index (χ3n) is 2.79. The summed E-state index contributed by atoms with van der Waals surface area (Å²) in [4.78, 5) is 24.9. The average Bonchev–Trinajstić information content (AvgIpc) is 2.69. The lowest BCUT2D eigenvalue weighted by atomic mass is 10.2. The molecule has 0 unspecified atom stereocenters. The van der Waals surface area contributed by atoms with Crippen molar-refractivity contribution >= 4 is 12.1 Å². The van der Waals surface area contributed by atoms with E-state index in [4.69, 9.17) is 4.74 Å². The fourth-order valence-electron chi connectivity index (χ4n) is 2.02. The van der Waals surface area contributed by atoms with Gasteiger partial charge in [-0.15, -0.1) is 0 Å². The number of aliphatic hydroxyl groups is 1. The van der Waals surface area contributed by atoms with Gasteiger partial charge in [0.05, 0.1) is 19.8 Å². The zero-order valence-corrected chi connectivity index (χ0v) is 11.3. The molecule has 1 aliphatic heterocycles. The van der Waals surface area contributed by atoms with Gasteiger partial charge in [-0.25, -0.2) is 9.59 Å².